The van der Waals surface area contributed by atoms with E-state index in [9.17, 15) is 4.79 Å². The van der Waals surface area contributed by atoms with Crippen LogP contribution >= 0.6 is 0 Å². The van der Waals surface area contributed by atoms with E-state index in [2.05, 4.69) is 10.4 Å². The van der Waals surface area contributed by atoms with Crippen molar-refractivity contribution in [3.8, 4) is 0 Å². The lowest BCUT2D eigenvalue weighted by Gasteiger charge is -2.06. The number of rotatable bonds is 3. The van der Waals surface area contributed by atoms with E-state index in [1.807, 2.05) is 20.2 Å². The quantitative estimate of drug-likeness (QED) is 0.798. The number of nitrogens with zero attached hydrogens (tertiary/aromatic N) is 2. The summed E-state index contributed by atoms with van der Waals surface area (Å²) in [5.74, 6) is -0.109. The molecule has 1 amide bonds. The van der Waals surface area contributed by atoms with Gasteiger partial charge in [-0.15, -0.1) is 0 Å². The molecule has 0 saturated heterocycles. The van der Waals surface area contributed by atoms with Gasteiger partial charge in [0.25, 0.3) is 5.91 Å². The molecular formula is C13H16N4O. The maximum absolute atomic E-state index is 11.9. The van der Waals surface area contributed by atoms with Crippen molar-refractivity contribution in [2.45, 2.75) is 13.5 Å². The summed E-state index contributed by atoms with van der Waals surface area (Å²) in [6.45, 7) is 2.35. The third-order valence-corrected chi connectivity index (χ3v) is 2.74. The van der Waals surface area contributed by atoms with Crippen LogP contribution in [0.15, 0.2) is 30.6 Å². The first-order chi connectivity index (χ1) is 8.56. The average molecular weight is 244 g/mol. The fraction of sp³-hybridized carbons (Fsp3) is 0.231. The predicted octanol–water partition coefficient (Wildman–Crippen LogP) is 1.24. The summed E-state index contributed by atoms with van der Waals surface area (Å²) in [6.07, 6.45) is 3.60. The van der Waals surface area contributed by atoms with Crippen molar-refractivity contribution in [3.05, 3.63) is 47.3 Å². The highest BCUT2D eigenvalue weighted by atomic mass is 16.1. The van der Waals surface area contributed by atoms with Crippen LogP contribution in [-0.2, 0) is 13.6 Å². The Morgan fingerprint density at radius 1 is 1.50 bits per heavy atom. The highest BCUT2D eigenvalue weighted by Crippen LogP contribution is 2.12. The van der Waals surface area contributed by atoms with Crippen molar-refractivity contribution >= 4 is 11.6 Å². The number of nitrogens with two attached hydrogens (primary N) is 1. The SMILES string of the molecule is Cc1cc(C(=O)NCc2cnn(C)c2)ccc1N. The van der Waals surface area contributed by atoms with Crippen LogP contribution in [0.1, 0.15) is 21.5 Å². The van der Waals surface area contributed by atoms with E-state index in [1.165, 1.54) is 0 Å². The Balaban J connectivity index is 2.01. The highest BCUT2D eigenvalue weighted by molar-refractivity contribution is 5.94. The molecule has 0 radical (unpaired) electrons. The van der Waals surface area contributed by atoms with E-state index in [0.29, 0.717) is 17.8 Å². The molecule has 94 valence electrons. The molecule has 1 aromatic heterocycles. The summed E-state index contributed by atoms with van der Waals surface area (Å²) in [5.41, 5.74) is 8.90. The number of carbonyl (C=O) groups excluding carboxylic acids is 1. The first kappa shape index (κ1) is 12.2. The van der Waals surface area contributed by atoms with E-state index >= 15 is 0 Å². The first-order valence-corrected chi connectivity index (χ1v) is 5.68. The van der Waals surface area contributed by atoms with Crippen molar-refractivity contribution in [2.24, 2.45) is 7.05 Å². The molecule has 0 fully saturated rings. The molecule has 2 rings (SSSR count). The number of hydrogen-bond acceptors (Lipinski definition) is 3. The molecule has 0 aliphatic heterocycles. The zero-order valence-electron chi connectivity index (χ0n) is 10.5. The number of anilines is 1. The molecule has 0 bridgehead atoms. The minimum atomic E-state index is -0.109. The third kappa shape index (κ3) is 2.68. The number of hydrogen-bond donors (Lipinski definition) is 2. The fourth-order valence-electron chi connectivity index (χ4n) is 1.66. The minimum Gasteiger partial charge on any atom is -0.399 e. The molecule has 1 heterocycles. The molecule has 2 aromatic rings. The standard InChI is InChI=1S/C13H16N4O/c1-9-5-11(3-4-12(9)14)13(18)15-6-10-7-16-17(2)8-10/h3-5,7-8H,6,14H2,1-2H3,(H,15,18). The van der Waals surface area contributed by atoms with Gasteiger partial charge in [0.1, 0.15) is 0 Å². The highest BCUT2D eigenvalue weighted by Gasteiger charge is 2.07. The third-order valence-electron chi connectivity index (χ3n) is 2.74. The zero-order valence-corrected chi connectivity index (χ0v) is 10.5. The van der Waals surface area contributed by atoms with Crippen LogP contribution in [0, 0.1) is 6.92 Å². The van der Waals surface area contributed by atoms with Gasteiger partial charge in [0.05, 0.1) is 6.20 Å². The lowest BCUT2D eigenvalue weighted by Crippen LogP contribution is -2.22. The van der Waals surface area contributed by atoms with Gasteiger partial charge in [0, 0.05) is 36.6 Å². The van der Waals surface area contributed by atoms with Gasteiger partial charge in [-0.3, -0.25) is 9.48 Å². The Hall–Kier alpha value is -2.30. The summed E-state index contributed by atoms with van der Waals surface area (Å²) in [7, 11) is 1.84. The topological polar surface area (TPSA) is 72.9 Å². The Kier molecular flexibility index (Phi) is 3.32. The van der Waals surface area contributed by atoms with Crippen molar-refractivity contribution < 1.29 is 4.79 Å². The van der Waals surface area contributed by atoms with Crippen molar-refractivity contribution in [3.63, 3.8) is 0 Å². The number of aryl methyl sites for hydroxylation is 2. The van der Waals surface area contributed by atoms with E-state index in [-0.39, 0.29) is 5.91 Å². The van der Waals surface area contributed by atoms with Crippen molar-refractivity contribution in [2.75, 3.05) is 5.73 Å². The minimum absolute atomic E-state index is 0.109. The second-order valence-electron chi connectivity index (χ2n) is 4.28. The van der Waals surface area contributed by atoms with E-state index in [1.54, 1.807) is 29.1 Å². The summed E-state index contributed by atoms with van der Waals surface area (Å²) < 4.78 is 1.70. The summed E-state index contributed by atoms with van der Waals surface area (Å²) in [5, 5.41) is 6.88. The number of carbonyl (C=O) groups is 1. The Morgan fingerprint density at radius 3 is 2.89 bits per heavy atom. The van der Waals surface area contributed by atoms with Crippen molar-refractivity contribution in [1.82, 2.24) is 15.1 Å². The second-order valence-corrected chi connectivity index (χ2v) is 4.28. The smallest absolute Gasteiger partial charge is 0.251 e. The lowest BCUT2D eigenvalue weighted by molar-refractivity contribution is 0.0951. The number of nitrogen functional groups attached to an aromatic ring is 1. The molecule has 0 aliphatic carbocycles. The number of amides is 1. The van der Waals surface area contributed by atoms with Gasteiger partial charge in [-0.25, -0.2) is 0 Å². The monoisotopic (exact) mass is 244 g/mol. The zero-order chi connectivity index (χ0) is 13.1. The Bertz CT molecular complexity index is 574. The van der Waals surface area contributed by atoms with Crippen LogP contribution in [0.25, 0.3) is 0 Å². The molecule has 0 aliphatic rings. The molecule has 0 unspecified atom stereocenters. The second kappa shape index (κ2) is 4.91. The molecule has 5 heteroatoms. The van der Waals surface area contributed by atoms with Crippen LogP contribution in [0.4, 0.5) is 5.69 Å². The van der Waals surface area contributed by atoms with Gasteiger partial charge < -0.3 is 11.1 Å². The van der Waals surface area contributed by atoms with E-state index < -0.39 is 0 Å². The fourth-order valence-corrected chi connectivity index (χ4v) is 1.66. The maximum Gasteiger partial charge on any atom is 0.251 e. The van der Waals surface area contributed by atoms with Crippen LogP contribution in [0.5, 0.6) is 0 Å². The lowest BCUT2D eigenvalue weighted by atomic mass is 10.1. The normalized spacial score (nSPS) is 10.3. The maximum atomic E-state index is 11.9. The number of aromatic nitrogens is 2. The van der Waals surface area contributed by atoms with Gasteiger partial charge in [0.2, 0.25) is 0 Å². The molecule has 0 saturated carbocycles. The van der Waals surface area contributed by atoms with Gasteiger partial charge >= 0.3 is 0 Å². The molecule has 0 atom stereocenters. The number of benzene rings is 1. The largest absolute Gasteiger partial charge is 0.399 e. The molecule has 0 spiro atoms. The van der Waals surface area contributed by atoms with Gasteiger partial charge in [-0.2, -0.15) is 5.10 Å². The average Bonchev–Trinajstić information content (AvgIpc) is 2.75. The molecule has 5 nitrogen and oxygen atoms in total. The van der Waals surface area contributed by atoms with Gasteiger partial charge in [0.15, 0.2) is 0 Å². The van der Waals surface area contributed by atoms with Crippen LogP contribution in [-0.4, -0.2) is 15.7 Å². The van der Waals surface area contributed by atoms with Crippen LogP contribution in [0.3, 0.4) is 0 Å². The first-order valence-electron chi connectivity index (χ1n) is 5.68. The molecule has 3 N–H and O–H groups in total. The molecular weight excluding hydrogens is 228 g/mol. The summed E-state index contributed by atoms with van der Waals surface area (Å²) in [6, 6.07) is 5.25. The predicted molar refractivity (Wildman–Crippen MR) is 70.0 cm³/mol. The summed E-state index contributed by atoms with van der Waals surface area (Å²) in [4.78, 5) is 11.9. The molecule has 18 heavy (non-hydrogen) atoms. The Labute approximate surface area is 106 Å². The van der Waals surface area contributed by atoms with Crippen molar-refractivity contribution in [1.29, 1.82) is 0 Å². The van der Waals surface area contributed by atoms with Crippen LogP contribution in [0.2, 0.25) is 0 Å². The van der Waals surface area contributed by atoms with Crippen LogP contribution < -0.4 is 11.1 Å². The van der Waals surface area contributed by atoms with Gasteiger partial charge in [-0.1, -0.05) is 0 Å². The van der Waals surface area contributed by atoms with E-state index in [0.717, 1.165) is 11.1 Å². The number of nitrogens with one attached hydrogen (secondary N) is 1. The van der Waals surface area contributed by atoms with E-state index in [4.69, 9.17) is 5.73 Å². The van der Waals surface area contributed by atoms with Gasteiger partial charge in [-0.05, 0) is 30.7 Å². The molecule has 1 aromatic carbocycles. The summed E-state index contributed by atoms with van der Waals surface area (Å²) >= 11 is 0. The Morgan fingerprint density at radius 2 is 2.28 bits per heavy atom.